The summed E-state index contributed by atoms with van der Waals surface area (Å²) in [6, 6.07) is 0. The van der Waals surface area contributed by atoms with Crippen LogP contribution in [0, 0.1) is 5.92 Å². The van der Waals surface area contributed by atoms with Crippen molar-refractivity contribution in [1.29, 1.82) is 0 Å². The molecule has 0 fully saturated rings. The lowest BCUT2D eigenvalue weighted by molar-refractivity contribution is 0.255. The van der Waals surface area contributed by atoms with Gasteiger partial charge in [-0.05, 0) is 25.2 Å². The van der Waals surface area contributed by atoms with E-state index in [9.17, 15) is 0 Å². The second-order valence-corrected chi connectivity index (χ2v) is 3.41. The minimum absolute atomic E-state index is 0.849. The fourth-order valence-corrected chi connectivity index (χ4v) is 1.35. The van der Waals surface area contributed by atoms with Crippen molar-refractivity contribution in [1.82, 2.24) is 10.4 Å². The van der Waals surface area contributed by atoms with Crippen molar-refractivity contribution in [2.75, 3.05) is 20.6 Å². The molecule has 11 heavy (non-hydrogen) atoms. The lowest BCUT2D eigenvalue weighted by Crippen LogP contribution is -2.34. The largest absolute Gasteiger partial charge is 0.255 e. The molecule has 2 nitrogen and oxygen atoms in total. The molecule has 1 unspecified atom stereocenters. The lowest BCUT2D eigenvalue weighted by Gasteiger charge is -2.20. The van der Waals surface area contributed by atoms with Crippen LogP contribution in [0.25, 0.3) is 0 Å². The first-order chi connectivity index (χ1) is 5.29. The molecule has 0 radical (unpaired) electrons. The molecule has 0 aliphatic heterocycles. The molecule has 1 aliphatic rings. The van der Waals surface area contributed by atoms with Gasteiger partial charge in [-0.25, -0.2) is 0 Å². The van der Waals surface area contributed by atoms with Crippen LogP contribution < -0.4 is 5.43 Å². The Morgan fingerprint density at radius 3 is 2.82 bits per heavy atom. The Morgan fingerprint density at radius 1 is 1.45 bits per heavy atom. The predicted octanol–water partition coefficient (Wildman–Crippen LogP) is 1.41. The molecule has 0 amide bonds. The number of nitrogens with one attached hydrogen (secondary N) is 1. The number of hydrazine groups is 1. The van der Waals surface area contributed by atoms with Crippen molar-refractivity contribution >= 4 is 0 Å². The standard InChI is InChI=1S/C9H18N2/c1-11(2)10-8-9-6-4-3-5-7-9/h3-4,9-10H,5-8H2,1-2H3. The van der Waals surface area contributed by atoms with E-state index in [-0.39, 0.29) is 0 Å². The summed E-state index contributed by atoms with van der Waals surface area (Å²) in [5.41, 5.74) is 3.31. The van der Waals surface area contributed by atoms with Crippen LogP contribution in [0.15, 0.2) is 12.2 Å². The van der Waals surface area contributed by atoms with Gasteiger partial charge in [0, 0.05) is 20.6 Å². The van der Waals surface area contributed by atoms with Gasteiger partial charge in [0.05, 0.1) is 0 Å². The number of rotatable bonds is 3. The molecule has 1 aliphatic carbocycles. The molecule has 0 saturated carbocycles. The Morgan fingerprint density at radius 2 is 2.27 bits per heavy atom. The Kier molecular flexibility index (Phi) is 3.60. The van der Waals surface area contributed by atoms with Gasteiger partial charge >= 0.3 is 0 Å². The molecule has 0 saturated heterocycles. The molecule has 2 heteroatoms. The van der Waals surface area contributed by atoms with E-state index in [4.69, 9.17) is 0 Å². The van der Waals surface area contributed by atoms with Crippen LogP contribution in [0.3, 0.4) is 0 Å². The van der Waals surface area contributed by atoms with Crippen LogP contribution in [-0.2, 0) is 0 Å². The third-order valence-corrected chi connectivity index (χ3v) is 2.07. The molecule has 1 atom stereocenters. The van der Waals surface area contributed by atoms with E-state index in [1.165, 1.54) is 19.3 Å². The van der Waals surface area contributed by atoms with Gasteiger partial charge in [0.25, 0.3) is 0 Å². The number of hydrogen-bond donors (Lipinski definition) is 1. The predicted molar refractivity (Wildman–Crippen MR) is 48.2 cm³/mol. The summed E-state index contributed by atoms with van der Waals surface area (Å²) in [7, 11) is 4.08. The smallest absolute Gasteiger partial charge is 0.0133 e. The van der Waals surface area contributed by atoms with Crippen LogP contribution in [0.4, 0.5) is 0 Å². The summed E-state index contributed by atoms with van der Waals surface area (Å²) < 4.78 is 0. The zero-order valence-corrected chi connectivity index (χ0v) is 7.51. The fourth-order valence-electron chi connectivity index (χ4n) is 1.35. The molecular formula is C9H18N2. The first-order valence-electron chi connectivity index (χ1n) is 4.35. The van der Waals surface area contributed by atoms with Gasteiger partial charge in [-0.3, -0.25) is 10.4 Å². The highest BCUT2D eigenvalue weighted by molar-refractivity contribution is 4.90. The molecule has 64 valence electrons. The summed E-state index contributed by atoms with van der Waals surface area (Å²) in [5, 5.41) is 2.03. The van der Waals surface area contributed by atoms with Crippen LogP contribution >= 0.6 is 0 Å². The Labute approximate surface area is 69.2 Å². The number of allylic oxidation sites excluding steroid dienone is 2. The average Bonchev–Trinajstić information content (AvgIpc) is 2.03. The van der Waals surface area contributed by atoms with Crippen molar-refractivity contribution in [2.45, 2.75) is 19.3 Å². The maximum absolute atomic E-state index is 3.31. The summed E-state index contributed by atoms with van der Waals surface area (Å²) in [4.78, 5) is 0. The van der Waals surface area contributed by atoms with E-state index >= 15 is 0 Å². The molecule has 0 aromatic rings. The van der Waals surface area contributed by atoms with Crippen molar-refractivity contribution < 1.29 is 0 Å². The molecule has 1 rings (SSSR count). The van der Waals surface area contributed by atoms with Crippen LogP contribution in [0.1, 0.15) is 19.3 Å². The van der Waals surface area contributed by atoms with Crippen LogP contribution in [0.5, 0.6) is 0 Å². The molecule has 0 spiro atoms. The molecule has 0 heterocycles. The van der Waals surface area contributed by atoms with Gasteiger partial charge in [-0.15, -0.1) is 0 Å². The van der Waals surface area contributed by atoms with E-state index < -0.39 is 0 Å². The second-order valence-electron chi connectivity index (χ2n) is 3.41. The van der Waals surface area contributed by atoms with Gasteiger partial charge in [-0.1, -0.05) is 12.2 Å². The van der Waals surface area contributed by atoms with Crippen LogP contribution in [0.2, 0.25) is 0 Å². The summed E-state index contributed by atoms with van der Waals surface area (Å²) in [5.74, 6) is 0.849. The van der Waals surface area contributed by atoms with Gasteiger partial charge in [0.2, 0.25) is 0 Å². The van der Waals surface area contributed by atoms with Gasteiger partial charge in [0.15, 0.2) is 0 Å². The van der Waals surface area contributed by atoms with Crippen LogP contribution in [-0.4, -0.2) is 25.6 Å². The second kappa shape index (κ2) is 4.52. The topological polar surface area (TPSA) is 15.3 Å². The van der Waals surface area contributed by atoms with Crippen molar-refractivity contribution in [3.63, 3.8) is 0 Å². The van der Waals surface area contributed by atoms with E-state index in [1.54, 1.807) is 0 Å². The van der Waals surface area contributed by atoms with Crippen molar-refractivity contribution in [2.24, 2.45) is 5.92 Å². The Bertz CT molecular complexity index is 130. The molecule has 0 aromatic carbocycles. The molecule has 1 N–H and O–H groups in total. The minimum atomic E-state index is 0.849. The number of nitrogens with zero attached hydrogens (tertiary/aromatic N) is 1. The van der Waals surface area contributed by atoms with E-state index in [1.807, 2.05) is 19.1 Å². The van der Waals surface area contributed by atoms with Gasteiger partial charge in [-0.2, -0.15) is 0 Å². The Balaban J connectivity index is 2.11. The normalized spacial score (nSPS) is 24.5. The summed E-state index contributed by atoms with van der Waals surface area (Å²) >= 11 is 0. The summed E-state index contributed by atoms with van der Waals surface area (Å²) in [6.07, 6.45) is 8.44. The van der Waals surface area contributed by atoms with E-state index in [2.05, 4.69) is 17.6 Å². The molecule has 0 aromatic heterocycles. The maximum atomic E-state index is 3.31. The first-order valence-corrected chi connectivity index (χ1v) is 4.35. The van der Waals surface area contributed by atoms with Crippen molar-refractivity contribution in [3.05, 3.63) is 12.2 Å². The molecular weight excluding hydrogens is 136 g/mol. The maximum Gasteiger partial charge on any atom is 0.0133 e. The highest BCUT2D eigenvalue weighted by Crippen LogP contribution is 2.16. The van der Waals surface area contributed by atoms with E-state index in [0.717, 1.165) is 12.5 Å². The molecule has 0 bridgehead atoms. The highest BCUT2D eigenvalue weighted by Gasteiger charge is 2.08. The lowest BCUT2D eigenvalue weighted by atomic mass is 9.95. The first kappa shape index (κ1) is 8.75. The third-order valence-electron chi connectivity index (χ3n) is 2.07. The fraction of sp³-hybridized carbons (Fsp3) is 0.778. The Hall–Kier alpha value is -0.340. The minimum Gasteiger partial charge on any atom is -0.255 e. The van der Waals surface area contributed by atoms with E-state index in [0.29, 0.717) is 0 Å². The quantitative estimate of drug-likeness (QED) is 0.488. The van der Waals surface area contributed by atoms with Gasteiger partial charge in [0.1, 0.15) is 0 Å². The third kappa shape index (κ3) is 3.54. The zero-order chi connectivity index (χ0) is 8.10. The zero-order valence-electron chi connectivity index (χ0n) is 7.51. The van der Waals surface area contributed by atoms with Gasteiger partial charge < -0.3 is 0 Å². The monoisotopic (exact) mass is 154 g/mol. The summed E-state index contributed by atoms with van der Waals surface area (Å²) in [6.45, 7) is 1.12. The van der Waals surface area contributed by atoms with Crippen molar-refractivity contribution in [3.8, 4) is 0 Å². The average molecular weight is 154 g/mol. The highest BCUT2D eigenvalue weighted by atomic mass is 15.5. The number of hydrogen-bond acceptors (Lipinski definition) is 2. The SMILES string of the molecule is CN(C)NCC1CC=CCC1.